The van der Waals surface area contributed by atoms with Crippen molar-refractivity contribution < 1.29 is 80.2 Å². The zero-order valence-corrected chi connectivity index (χ0v) is 63.2. The minimum atomic E-state index is -4.96. The van der Waals surface area contributed by atoms with Crippen LogP contribution in [0.1, 0.15) is 382 Å². The Balaban J connectivity index is 5.24. The van der Waals surface area contributed by atoms with E-state index in [0.29, 0.717) is 31.6 Å². The third-order valence-electron chi connectivity index (χ3n) is 17.7. The van der Waals surface area contributed by atoms with E-state index < -0.39 is 97.5 Å². The molecule has 0 aromatic rings. The van der Waals surface area contributed by atoms with Gasteiger partial charge >= 0.3 is 39.5 Å². The van der Waals surface area contributed by atoms with Gasteiger partial charge in [-0.2, -0.15) is 0 Å². The summed E-state index contributed by atoms with van der Waals surface area (Å²) in [5, 5.41) is 10.6. The molecular weight excluding hydrogens is 1230 g/mol. The summed E-state index contributed by atoms with van der Waals surface area (Å²) in [6.07, 6.45) is 51.3. The first-order valence-corrected chi connectivity index (χ1v) is 41.9. The Morgan fingerprint density at radius 2 is 0.543 bits per heavy atom. The summed E-state index contributed by atoms with van der Waals surface area (Å²) in [5.74, 6) is 0.214. The van der Waals surface area contributed by atoms with Crippen molar-refractivity contribution in [2.24, 2.45) is 17.8 Å². The third kappa shape index (κ3) is 67.3. The van der Waals surface area contributed by atoms with Crippen LogP contribution in [0.25, 0.3) is 0 Å². The number of aliphatic hydroxyl groups excluding tert-OH is 1. The predicted molar refractivity (Wildman–Crippen MR) is 381 cm³/mol. The number of esters is 4. The highest BCUT2D eigenvalue weighted by Gasteiger charge is 2.30. The molecule has 6 atom stereocenters. The van der Waals surface area contributed by atoms with Crippen LogP contribution in [-0.2, 0) is 65.4 Å². The number of hydrogen-bond acceptors (Lipinski definition) is 15. The first-order chi connectivity index (χ1) is 45.3. The minimum absolute atomic E-state index is 0.106. The number of phosphoric ester groups is 2. The summed E-state index contributed by atoms with van der Waals surface area (Å²) in [7, 11) is -9.91. The molecule has 0 aliphatic heterocycles. The fourth-order valence-corrected chi connectivity index (χ4v) is 13.0. The van der Waals surface area contributed by atoms with Crippen molar-refractivity contribution in [1.82, 2.24) is 0 Å². The fraction of sp³-hybridized carbons (Fsp3) is 0.947. The first kappa shape index (κ1) is 92.1. The average molecular weight is 1380 g/mol. The Morgan fingerprint density at radius 1 is 0.309 bits per heavy atom. The molecule has 0 rings (SSSR count). The van der Waals surface area contributed by atoms with E-state index in [9.17, 15) is 43.2 Å². The maximum absolute atomic E-state index is 13.1. The molecule has 0 saturated carbocycles. The molecule has 0 aliphatic carbocycles. The Bertz CT molecular complexity index is 1840. The molecule has 0 aromatic heterocycles. The summed E-state index contributed by atoms with van der Waals surface area (Å²) in [4.78, 5) is 72.7. The van der Waals surface area contributed by atoms with Crippen LogP contribution >= 0.6 is 15.6 Å². The lowest BCUT2D eigenvalue weighted by molar-refractivity contribution is -0.161. The second-order valence-electron chi connectivity index (χ2n) is 28.2. The molecule has 0 radical (unpaired) electrons. The van der Waals surface area contributed by atoms with Crippen molar-refractivity contribution in [3.8, 4) is 0 Å². The molecule has 94 heavy (non-hydrogen) atoms. The van der Waals surface area contributed by atoms with E-state index in [4.69, 9.17) is 37.0 Å². The van der Waals surface area contributed by atoms with Gasteiger partial charge in [0.05, 0.1) is 26.4 Å². The van der Waals surface area contributed by atoms with Gasteiger partial charge in [0.15, 0.2) is 12.2 Å². The van der Waals surface area contributed by atoms with Gasteiger partial charge in [0.2, 0.25) is 0 Å². The Kier molecular flexibility index (Phi) is 64.3. The largest absolute Gasteiger partial charge is 0.472 e. The van der Waals surface area contributed by atoms with E-state index in [1.165, 1.54) is 186 Å². The summed E-state index contributed by atoms with van der Waals surface area (Å²) in [6.45, 7) is 11.9. The highest BCUT2D eigenvalue weighted by molar-refractivity contribution is 7.47. The highest BCUT2D eigenvalue weighted by Crippen LogP contribution is 2.45. The number of ether oxygens (including phenoxy) is 4. The maximum atomic E-state index is 13.1. The van der Waals surface area contributed by atoms with Crippen molar-refractivity contribution in [3.63, 3.8) is 0 Å². The van der Waals surface area contributed by atoms with Crippen LogP contribution < -0.4 is 0 Å². The van der Waals surface area contributed by atoms with Gasteiger partial charge in [0.1, 0.15) is 19.3 Å². The van der Waals surface area contributed by atoms with Crippen molar-refractivity contribution in [3.05, 3.63) is 0 Å². The normalized spacial score (nSPS) is 14.4. The molecule has 558 valence electrons. The molecular formula is C75H146O17P2. The molecule has 0 fully saturated rings. The number of hydrogen-bond donors (Lipinski definition) is 3. The molecule has 17 nitrogen and oxygen atoms in total. The molecule has 0 bridgehead atoms. The number of carbonyl (C=O) groups excluding carboxylic acids is 4. The molecule has 0 spiro atoms. The van der Waals surface area contributed by atoms with Crippen LogP contribution in [0.15, 0.2) is 0 Å². The lowest BCUT2D eigenvalue weighted by atomic mass is 9.99. The number of rotatable bonds is 73. The smallest absolute Gasteiger partial charge is 0.462 e. The number of phosphoric acid groups is 2. The monoisotopic (exact) mass is 1380 g/mol. The van der Waals surface area contributed by atoms with Gasteiger partial charge in [-0.05, 0) is 43.4 Å². The zero-order valence-electron chi connectivity index (χ0n) is 61.4. The van der Waals surface area contributed by atoms with Gasteiger partial charge in [-0.1, -0.05) is 331 Å². The fourth-order valence-electron chi connectivity index (χ4n) is 11.4. The molecule has 19 heteroatoms. The van der Waals surface area contributed by atoms with Gasteiger partial charge < -0.3 is 33.8 Å². The highest BCUT2D eigenvalue weighted by atomic mass is 31.2. The van der Waals surface area contributed by atoms with Gasteiger partial charge in [0.25, 0.3) is 0 Å². The molecule has 0 heterocycles. The van der Waals surface area contributed by atoms with Gasteiger partial charge in [-0.3, -0.25) is 37.3 Å². The van der Waals surface area contributed by atoms with Crippen molar-refractivity contribution >= 4 is 39.5 Å². The quantitative estimate of drug-likeness (QED) is 0.0222. The molecule has 3 unspecified atom stereocenters. The predicted octanol–water partition coefficient (Wildman–Crippen LogP) is 21.8. The zero-order chi connectivity index (χ0) is 69.4. The van der Waals surface area contributed by atoms with Gasteiger partial charge in [0, 0.05) is 25.7 Å². The van der Waals surface area contributed by atoms with E-state index in [2.05, 4.69) is 48.5 Å². The lowest BCUT2D eigenvalue weighted by Gasteiger charge is -2.21. The second-order valence-corrected chi connectivity index (χ2v) is 31.1. The van der Waals surface area contributed by atoms with E-state index in [1.807, 2.05) is 0 Å². The molecule has 0 aromatic carbocycles. The van der Waals surface area contributed by atoms with Crippen LogP contribution in [0.3, 0.4) is 0 Å². The van der Waals surface area contributed by atoms with Crippen LogP contribution in [-0.4, -0.2) is 96.7 Å². The Labute approximate surface area is 575 Å². The summed E-state index contributed by atoms with van der Waals surface area (Å²) in [5.41, 5.74) is 0. The maximum Gasteiger partial charge on any atom is 0.472 e. The van der Waals surface area contributed by atoms with E-state index >= 15 is 0 Å². The van der Waals surface area contributed by atoms with Crippen molar-refractivity contribution in [2.75, 3.05) is 39.6 Å². The van der Waals surface area contributed by atoms with Gasteiger partial charge in [-0.15, -0.1) is 0 Å². The summed E-state index contributed by atoms with van der Waals surface area (Å²) in [6, 6.07) is 0. The second kappa shape index (κ2) is 65.7. The van der Waals surface area contributed by atoms with E-state index in [1.54, 1.807) is 0 Å². The molecule has 0 saturated heterocycles. The van der Waals surface area contributed by atoms with E-state index in [0.717, 1.165) is 108 Å². The third-order valence-corrected chi connectivity index (χ3v) is 19.6. The van der Waals surface area contributed by atoms with Crippen LogP contribution in [0.5, 0.6) is 0 Å². The SMILES string of the molecule is CCCCCCCCCCCCCC(=O)O[C@H](COC(=O)CCCCCCCCCC(C)C)COP(=O)(O)OC[C@H](O)COP(=O)(O)OC[C@@H](COC(=O)CCCCCCCCCCCCCCC(C)C)OC(=O)CCCCCCCCCCCCCCCCC(C)CC. The van der Waals surface area contributed by atoms with Gasteiger partial charge in [-0.25, -0.2) is 9.13 Å². The molecule has 3 N–H and O–H groups in total. The minimum Gasteiger partial charge on any atom is -0.462 e. The number of unbranched alkanes of at least 4 members (excludes halogenated alkanes) is 40. The average Bonchev–Trinajstić information content (AvgIpc) is 1.67. The van der Waals surface area contributed by atoms with Crippen molar-refractivity contribution in [2.45, 2.75) is 401 Å². The number of aliphatic hydroxyl groups is 1. The molecule has 0 aliphatic rings. The standard InChI is InChI=1S/C75H146O17P2/c1-8-10-11-12-13-14-21-29-36-44-51-58-74(79)92-71(63-86-73(78)57-50-43-38-31-33-40-47-54-67(5)6)65-90-94(83,84)88-61-69(76)60-87-93(81,82)89-64-70(62-85-72(77)56-49-42-35-28-24-20-19-22-26-32-39-46-53-66(3)4)91-75(80)59-52-45-37-30-25-18-16-15-17-23-27-34-41-48-55-68(7)9-2/h66-71,76H,8-65H2,1-7H3,(H,81,82)(H,83,84)/t68?,69-,70-,71-/m1/s1. The van der Waals surface area contributed by atoms with Crippen LogP contribution in [0.4, 0.5) is 0 Å². The summed E-state index contributed by atoms with van der Waals surface area (Å²) >= 11 is 0. The summed E-state index contributed by atoms with van der Waals surface area (Å²) < 4.78 is 68.5. The Morgan fingerprint density at radius 3 is 0.809 bits per heavy atom. The van der Waals surface area contributed by atoms with E-state index in [-0.39, 0.29) is 25.7 Å². The van der Waals surface area contributed by atoms with Crippen molar-refractivity contribution in [1.29, 1.82) is 0 Å². The lowest BCUT2D eigenvalue weighted by Crippen LogP contribution is -2.30. The van der Waals surface area contributed by atoms with Crippen LogP contribution in [0, 0.1) is 17.8 Å². The Hall–Kier alpha value is -1.94. The number of carbonyl (C=O) groups is 4. The topological polar surface area (TPSA) is 237 Å². The molecule has 0 amide bonds. The van der Waals surface area contributed by atoms with Crippen LogP contribution in [0.2, 0.25) is 0 Å². The first-order valence-electron chi connectivity index (χ1n) is 38.9.